The van der Waals surface area contributed by atoms with Crippen LogP contribution in [0, 0.1) is 0 Å². The van der Waals surface area contributed by atoms with Gasteiger partial charge in [-0.2, -0.15) is 0 Å². The van der Waals surface area contributed by atoms with Crippen molar-refractivity contribution in [3.05, 3.63) is 30.0 Å². The Balaban J connectivity index is 2.37. The summed E-state index contributed by atoms with van der Waals surface area (Å²) in [4.78, 5) is 23.9. The predicted octanol–water partition coefficient (Wildman–Crippen LogP) is 1.37. The van der Waals surface area contributed by atoms with Gasteiger partial charge in [0, 0.05) is 18.0 Å². The lowest BCUT2D eigenvalue weighted by Crippen LogP contribution is -2.09. The topological polar surface area (TPSA) is 79.4 Å². The van der Waals surface area contributed by atoms with Crippen molar-refractivity contribution in [3.8, 4) is 5.75 Å². The number of nitrogens with one attached hydrogen (secondary N) is 1. The van der Waals surface area contributed by atoms with Crippen molar-refractivity contribution in [2.45, 2.75) is 6.42 Å². The molecule has 0 fully saturated rings. The minimum Gasteiger partial charge on any atom is -0.480 e. The molecule has 0 saturated carbocycles. The van der Waals surface area contributed by atoms with Gasteiger partial charge < -0.3 is 19.6 Å². The normalized spacial score (nSPS) is 10.4. The average Bonchev–Trinajstić information content (AvgIpc) is 2.71. The maximum Gasteiger partial charge on any atom is 0.341 e. The number of hydrogen-bond donors (Lipinski definition) is 2. The van der Waals surface area contributed by atoms with Gasteiger partial charge in [0.15, 0.2) is 6.61 Å². The van der Waals surface area contributed by atoms with E-state index in [4.69, 9.17) is 9.84 Å². The van der Waals surface area contributed by atoms with E-state index in [0.717, 1.165) is 17.2 Å². The Hall–Kier alpha value is -2.30. The van der Waals surface area contributed by atoms with E-state index < -0.39 is 5.97 Å². The first-order valence-corrected chi connectivity index (χ1v) is 5.09. The Morgan fingerprint density at radius 2 is 2.29 bits per heavy atom. The first kappa shape index (κ1) is 11.2. The molecule has 0 spiro atoms. The average molecular weight is 233 g/mol. The van der Waals surface area contributed by atoms with Gasteiger partial charge >= 0.3 is 5.97 Å². The summed E-state index contributed by atoms with van der Waals surface area (Å²) in [7, 11) is 0. The molecule has 2 N–H and O–H groups in total. The van der Waals surface area contributed by atoms with Crippen LogP contribution in [0.3, 0.4) is 0 Å². The number of carboxylic acid groups (broad SMARTS) is 1. The summed E-state index contributed by atoms with van der Waals surface area (Å²) in [6, 6.07) is 5.31. The number of aromatic amines is 1. The number of benzene rings is 1. The van der Waals surface area contributed by atoms with E-state index in [0.29, 0.717) is 17.7 Å². The van der Waals surface area contributed by atoms with Gasteiger partial charge in [0.2, 0.25) is 0 Å². The molecule has 0 amide bonds. The highest BCUT2D eigenvalue weighted by Crippen LogP contribution is 2.27. The van der Waals surface area contributed by atoms with Crippen molar-refractivity contribution in [3.63, 3.8) is 0 Å². The first-order valence-electron chi connectivity index (χ1n) is 5.09. The number of carbonyl (C=O) groups is 2. The van der Waals surface area contributed by atoms with Crippen LogP contribution in [0.15, 0.2) is 24.4 Å². The van der Waals surface area contributed by atoms with Gasteiger partial charge in [0.25, 0.3) is 0 Å². The lowest BCUT2D eigenvalue weighted by Gasteiger charge is -2.04. The Bertz CT molecular complexity index is 559. The third-order valence-corrected chi connectivity index (χ3v) is 2.42. The Labute approximate surface area is 97.0 Å². The van der Waals surface area contributed by atoms with Crippen molar-refractivity contribution < 1.29 is 19.4 Å². The van der Waals surface area contributed by atoms with Crippen LogP contribution >= 0.6 is 0 Å². The summed E-state index contributed by atoms with van der Waals surface area (Å²) in [5.74, 6) is -0.552. The van der Waals surface area contributed by atoms with Crippen LogP contribution in [0.4, 0.5) is 0 Å². The zero-order chi connectivity index (χ0) is 12.3. The number of fused-ring (bicyclic) bond motifs is 1. The molecular weight excluding hydrogens is 222 g/mol. The SMILES string of the molecule is O=CCc1c[nH]c2c(OCC(=O)O)cccc12. The molecule has 2 aromatic rings. The highest BCUT2D eigenvalue weighted by atomic mass is 16.5. The molecule has 0 atom stereocenters. The fourth-order valence-corrected chi connectivity index (χ4v) is 1.70. The van der Waals surface area contributed by atoms with Gasteiger partial charge in [-0.25, -0.2) is 4.79 Å². The van der Waals surface area contributed by atoms with Gasteiger partial charge in [-0.15, -0.1) is 0 Å². The Morgan fingerprint density at radius 1 is 1.47 bits per heavy atom. The fourth-order valence-electron chi connectivity index (χ4n) is 1.70. The summed E-state index contributed by atoms with van der Waals surface area (Å²) in [6.45, 7) is -0.388. The highest BCUT2D eigenvalue weighted by molar-refractivity contribution is 5.90. The van der Waals surface area contributed by atoms with Gasteiger partial charge in [0.1, 0.15) is 12.0 Å². The standard InChI is InChI=1S/C12H11NO4/c14-5-4-8-6-13-12-9(8)2-1-3-10(12)17-7-11(15)16/h1-3,5-6,13H,4,7H2,(H,15,16). The molecule has 88 valence electrons. The summed E-state index contributed by atoms with van der Waals surface area (Å²) in [5.41, 5.74) is 1.58. The number of aldehydes is 1. The number of para-hydroxylation sites is 1. The quantitative estimate of drug-likeness (QED) is 0.764. The van der Waals surface area contributed by atoms with E-state index in [1.807, 2.05) is 6.07 Å². The lowest BCUT2D eigenvalue weighted by molar-refractivity contribution is -0.139. The number of hydrogen-bond acceptors (Lipinski definition) is 3. The van der Waals surface area contributed by atoms with Crippen molar-refractivity contribution in [2.75, 3.05) is 6.61 Å². The van der Waals surface area contributed by atoms with Gasteiger partial charge in [-0.3, -0.25) is 0 Å². The van der Waals surface area contributed by atoms with Crippen LogP contribution < -0.4 is 4.74 Å². The third-order valence-electron chi connectivity index (χ3n) is 2.42. The molecule has 0 saturated heterocycles. The number of carbonyl (C=O) groups excluding carboxylic acids is 1. The summed E-state index contributed by atoms with van der Waals surface area (Å²) < 4.78 is 5.15. The minimum atomic E-state index is -1.03. The lowest BCUT2D eigenvalue weighted by atomic mass is 10.1. The number of aliphatic carboxylic acids is 1. The Morgan fingerprint density at radius 3 is 3.00 bits per heavy atom. The van der Waals surface area contributed by atoms with Crippen molar-refractivity contribution in [1.29, 1.82) is 0 Å². The number of ether oxygens (including phenoxy) is 1. The molecule has 17 heavy (non-hydrogen) atoms. The molecule has 1 aromatic carbocycles. The van der Waals surface area contributed by atoms with E-state index >= 15 is 0 Å². The summed E-state index contributed by atoms with van der Waals surface area (Å²) >= 11 is 0. The predicted molar refractivity (Wildman–Crippen MR) is 61.2 cm³/mol. The van der Waals surface area contributed by atoms with Crippen LogP contribution in [0.5, 0.6) is 5.75 Å². The molecule has 5 nitrogen and oxygen atoms in total. The summed E-state index contributed by atoms with van der Waals surface area (Å²) in [5, 5.41) is 9.43. The van der Waals surface area contributed by atoms with Crippen LogP contribution in [0.1, 0.15) is 5.56 Å². The maximum absolute atomic E-state index is 10.5. The van der Waals surface area contributed by atoms with Crippen LogP contribution in [-0.4, -0.2) is 29.0 Å². The van der Waals surface area contributed by atoms with Crippen molar-refractivity contribution in [1.82, 2.24) is 4.98 Å². The third kappa shape index (κ3) is 2.28. The smallest absolute Gasteiger partial charge is 0.341 e. The molecule has 0 aliphatic carbocycles. The molecule has 0 bridgehead atoms. The zero-order valence-electron chi connectivity index (χ0n) is 8.97. The van der Waals surface area contributed by atoms with E-state index in [2.05, 4.69) is 4.98 Å². The van der Waals surface area contributed by atoms with Crippen molar-refractivity contribution >= 4 is 23.2 Å². The molecular formula is C12H11NO4. The number of aromatic nitrogens is 1. The number of carboxylic acids is 1. The fraction of sp³-hybridized carbons (Fsp3) is 0.167. The van der Waals surface area contributed by atoms with Crippen LogP contribution in [0.2, 0.25) is 0 Å². The van der Waals surface area contributed by atoms with Crippen LogP contribution in [0.25, 0.3) is 10.9 Å². The largest absolute Gasteiger partial charge is 0.480 e. The molecule has 0 unspecified atom stereocenters. The molecule has 5 heteroatoms. The molecule has 0 aliphatic heterocycles. The van der Waals surface area contributed by atoms with Crippen LogP contribution in [-0.2, 0) is 16.0 Å². The van der Waals surface area contributed by atoms with Gasteiger partial charge in [0.05, 0.1) is 5.52 Å². The molecule has 1 heterocycles. The van der Waals surface area contributed by atoms with E-state index in [1.54, 1.807) is 18.3 Å². The number of rotatable bonds is 5. The van der Waals surface area contributed by atoms with E-state index in [-0.39, 0.29) is 6.61 Å². The van der Waals surface area contributed by atoms with Gasteiger partial charge in [-0.05, 0) is 11.6 Å². The van der Waals surface area contributed by atoms with Gasteiger partial charge in [-0.1, -0.05) is 12.1 Å². The molecule has 0 aliphatic rings. The first-order chi connectivity index (χ1) is 8.22. The minimum absolute atomic E-state index is 0.322. The van der Waals surface area contributed by atoms with Crippen molar-refractivity contribution in [2.24, 2.45) is 0 Å². The second kappa shape index (κ2) is 4.69. The van der Waals surface area contributed by atoms with E-state index in [9.17, 15) is 9.59 Å². The summed E-state index contributed by atoms with van der Waals surface area (Å²) in [6.07, 6.45) is 2.88. The Kier molecular flexibility index (Phi) is 3.09. The highest BCUT2D eigenvalue weighted by Gasteiger charge is 2.08. The zero-order valence-corrected chi connectivity index (χ0v) is 8.97. The van der Waals surface area contributed by atoms with E-state index in [1.165, 1.54) is 0 Å². The number of H-pyrrole nitrogens is 1. The second-order valence-electron chi connectivity index (χ2n) is 3.55. The molecule has 1 aromatic heterocycles. The monoisotopic (exact) mass is 233 g/mol. The molecule has 0 radical (unpaired) electrons. The second-order valence-corrected chi connectivity index (χ2v) is 3.55. The molecule has 2 rings (SSSR count). The maximum atomic E-state index is 10.5.